The van der Waals surface area contributed by atoms with Gasteiger partial charge in [-0.25, -0.2) is 0 Å². The minimum atomic E-state index is -0.178. The Bertz CT molecular complexity index is 316. The summed E-state index contributed by atoms with van der Waals surface area (Å²) in [6, 6.07) is 10.3. The van der Waals surface area contributed by atoms with Gasteiger partial charge in [0.25, 0.3) is 0 Å². The smallest absolute Gasteiger partial charge is 0.243 e. The van der Waals surface area contributed by atoms with E-state index in [9.17, 15) is 0 Å². The lowest BCUT2D eigenvalue weighted by molar-refractivity contribution is -0.0594. The topological polar surface area (TPSA) is 18.5 Å². The maximum Gasteiger partial charge on any atom is 0.243 e. The molecule has 0 saturated heterocycles. The zero-order chi connectivity index (χ0) is 10.5. The third kappa shape index (κ3) is 2.69. The van der Waals surface area contributed by atoms with Crippen LogP contribution in [0.3, 0.4) is 0 Å². The van der Waals surface area contributed by atoms with Crippen LogP contribution in [0.2, 0.25) is 0 Å². The third-order valence-corrected chi connectivity index (χ3v) is 2.91. The summed E-state index contributed by atoms with van der Waals surface area (Å²) in [6.45, 7) is 0. The van der Waals surface area contributed by atoms with E-state index in [0.717, 1.165) is 12.2 Å². The van der Waals surface area contributed by atoms with Crippen molar-refractivity contribution in [3.63, 3.8) is 0 Å². The van der Waals surface area contributed by atoms with E-state index in [1.807, 2.05) is 18.2 Å². The SMILES string of the molecule is SCC(Cc1ccccc1)C1OC=CO1. The first kappa shape index (κ1) is 10.4. The highest BCUT2D eigenvalue weighted by molar-refractivity contribution is 7.80. The van der Waals surface area contributed by atoms with Gasteiger partial charge in [-0.3, -0.25) is 0 Å². The first-order chi connectivity index (χ1) is 7.40. The molecule has 1 aromatic rings. The first-order valence-corrected chi connectivity index (χ1v) is 5.64. The van der Waals surface area contributed by atoms with Crippen LogP contribution in [0.4, 0.5) is 0 Å². The van der Waals surface area contributed by atoms with Gasteiger partial charge >= 0.3 is 0 Å². The van der Waals surface area contributed by atoms with Crippen LogP contribution in [-0.4, -0.2) is 12.0 Å². The molecule has 2 rings (SSSR count). The Hall–Kier alpha value is -1.09. The lowest BCUT2D eigenvalue weighted by atomic mass is 10.0. The van der Waals surface area contributed by atoms with Crippen molar-refractivity contribution < 1.29 is 9.47 Å². The Balaban J connectivity index is 1.96. The van der Waals surface area contributed by atoms with Gasteiger partial charge in [0.05, 0.1) is 0 Å². The molecule has 2 nitrogen and oxygen atoms in total. The van der Waals surface area contributed by atoms with Gasteiger partial charge in [0.15, 0.2) is 0 Å². The summed E-state index contributed by atoms with van der Waals surface area (Å²) >= 11 is 4.33. The summed E-state index contributed by atoms with van der Waals surface area (Å²) in [5.41, 5.74) is 1.29. The van der Waals surface area contributed by atoms with Crippen molar-refractivity contribution in [3.05, 3.63) is 48.4 Å². The molecule has 1 atom stereocenters. The molecule has 1 aliphatic rings. The van der Waals surface area contributed by atoms with Crippen LogP contribution in [0.5, 0.6) is 0 Å². The van der Waals surface area contributed by atoms with Gasteiger partial charge < -0.3 is 9.47 Å². The van der Waals surface area contributed by atoms with Gasteiger partial charge in [0, 0.05) is 11.7 Å². The van der Waals surface area contributed by atoms with Crippen molar-refractivity contribution in [2.24, 2.45) is 5.92 Å². The molecule has 0 N–H and O–H groups in total. The van der Waals surface area contributed by atoms with E-state index >= 15 is 0 Å². The van der Waals surface area contributed by atoms with Crippen LogP contribution < -0.4 is 0 Å². The summed E-state index contributed by atoms with van der Waals surface area (Å²) in [5.74, 6) is 1.03. The van der Waals surface area contributed by atoms with Crippen molar-refractivity contribution in [2.75, 3.05) is 5.75 Å². The molecule has 0 fully saturated rings. The molecule has 80 valence electrons. The summed E-state index contributed by atoms with van der Waals surface area (Å²) in [6.07, 6.45) is 3.93. The van der Waals surface area contributed by atoms with E-state index in [1.165, 1.54) is 5.56 Å². The first-order valence-electron chi connectivity index (χ1n) is 5.01. The quantitative estimate of drug-likeness (QED) is 0.789. The zero-order valence-electron chi connectivity index (χ0n) is 8.37. The maximum atomic E-state index is 5.33. The highest BCUT2D eigenvalue weighted by Gasteiger charge is 2.24. The van der Waals surface area contributed by atoms with E-state index in [1.54, 1.807) is 12.5 Å². The van der Waals surface area contributed by atoms with Gasteiger partial charge in [-0.15, -0.1) is 0 Å². The van der Waals surface area contributed by atoms with E-state index in [-0.39, 0.29) is 12.2 Å². The van der Waals surface area contributed by atoms with Gasteiger partial charge in [-0.05, 0) is 12.0 Å². The second-order valence-corrected chi connectivity index (χ2v) is 3.91. The molecule has 0 aromatic heterocycles. The summed E-state index contributed by atoms with van der Waals surface area (Å²) in [5, 5.41) is 0. The van der Waals surface area contributed by atoms with Crippen LogP contribution in [-0.2, 0) is 15.9 Å². The highest BCUT2D eigenvalue weighted by Crippen LogP contribution is 2.21. The molecule has 0 bridgehead atoms. The summed E-state index contributed by atoms with van der Waals surface area (Å²) < 4.78 is 10.7. The number of hydrogen-bond acceptors (Lipinski definition) is 3. The van der Waals surface area contributed by atoms with E-state index in [0.29, 0.717) is 0 Å². The van der Waals surface area contributed by atoms with Crippen molar-refractivity contribution in [2.45, 2.75) is 12.7 Å². The van der Waals surface area contributed by atoms with Gasteiger partial charge in [-0.2, -0.15) is 12.6 Å². The number of benzene rings is 1. The highest BCUT2D eigenvalue weighted by atomic mass is 32.1. The molecular weight excluding hydrogens is 208 g/mol. The molecular formula is C12H14O2S. The Kier molecular flexibility index (Phi) is 3.56. The molecule has 0 amide bonds. The summed E-state index contributed by atoms with van der Waals surface area (Å²) in [4.78, 5) is 0. The average Bonchev–Trinajstić information content (AvgIpc) is 2.81. The Labute approximate surface area is 95.3 Å². The molecule has 1 aromatic carbocycles. The maximum absolute atomic E-state index is 5.33. The minimum absolute atomic E-state index is 0.178. The van der Waals surface area contributed by atoms with Crippen LogP contribution in [0.25, 0.3) is 0 Å². The molecule has 15 heavy (non-hydrogen) atoms. The van der Waals surface area contributed by atoms with Crippen molar-refractivity contribution >= 4 is 12.6 Å². The van der Waals surface area contributed by atoms with E-state index < -0.39 is 0 Å². The Morgan fingerprint density at radius 1 is 1.13 bits per heavy atom. The van der Waals surface area contributed by atoms with Crippen LogP contribution >= 0.6 is 12.6 Å². The number of hydrogen-bond donors (Lipinski definition) is 1. The molecule has 1 heterocycles. The third-order valence-electron chi connectivity index (χ3n) is 2.44. The van der Waals surface area contributed by atoms with Gasteiger partial charge in [-0.1, -0.05) is 30.3 Å². The van der Waals surface area contributed by atoms with Crippen molar-refractivity contribution in [3.8, 4) is 0 Å². The normalized spacial score (nSPS) is 17.1. The Morgan fingerprint density at radius 2 is 1.80 bits per heavy atom. The standard InChI is InChI=1S/C12H14O2S/c15-9-11(12-13-6-7-14-12)8-10-4-2-1-3-5-10/h1-7,11-12,15H,8-9H2. The second-order valence-electron chi connectivity index (χ2n) is 3.55. The molecule has 1 unspecified atom stereocenters. The lowest BCUT2D eigenvalue weighted by Gasteiger charge is -2.20. The molecule has 0 spiro atoms. The predicted octanol–water partition coefficient (Wildman–Crippen LogP) is 2.62. The van der Waals surface area contributed by atoms with Gasteiger partial charge in [0.1, 0.15) is 12.5 Å². The van der Waals surface area contributed by atoms with Crippen LogP contribution in [0, 0.1) is 5.92 Å². The monoisotopic (exact) mass is 222 g/mol. The largest absolute Gasteiger partial charge is 0.459 e. The number of rotatable bonds is 4. The number of thiol groups is 1. The Morgan fingerprint density at radius 3 is 2.40 bits per heavy atom. The average molecular weight is 222 g/mol. The van der Waals surface area contributed by atoms with E-state index in [4.69, 9.17) is 9.47 Å². The molecule has 0 radical (unpaired) electrons. The predicted molar refractivity (Wildman–Crippen MR) is 62.6 cm³/mol. The van der Waals surface area contributed by atoms with Crippen molar-refractivity contribution in [1.29, 1.82) is 0 Å². The van der Waals surface area contributed by atoms with Gasteiger partial charge in [0.2, 0.25) is 6.29 Å². The molecule has 0 aliphatic carbocycles. The lowest BCUT2D eigenvalue weighted by Crippen LogP contribution is -2.24. The van der Waals surface area contributed by atoms with Crippen LogP contribution in [0.1, 0.15) is 5.56 Å². The minimum Gasteiger partial charge on any atom is -0.459 e. The second kappa shape index (κ2) is 5.12. The summed E-state index contributed by atoms with van der Waals surface area (Å²) in [7, 11) is 0. The molecule has 0 saturated carbocycles. The fourth-order valence-corrected chi connectivity index (χ4v) is 1.94. The fraction of sp³-hybridized carbons (Fsp3) is 0.333. The van der Waals surface area contributed by atoms with Crippen LogP contribution in [0.15, 0.2) is 42.9 Å². The van der Waals surface area contributed by atoms with E-state index in [2.05, 4.69) is 24.8 Å². The molecule has 3 heteroatoms. The zero-order valence-corrected chi connectivity index (χ0v) is 9.27. The molecule has 1 aliphatic heterocycles. The fourth-order valence-electron chi connectivity index (χ4n) is 1.64. The number of ether oxygens (including phenoxy) is 2. The van der Waals surface area contributed by atoms with Crippen molar-refractivity contribution in [1.82, 2.24) is 0 Å².